The SMILES string of the molecule is COc1cc2[nH]c(C)c(CCN3CCC(c4ccccc4)CC3CO)c2cc1OC. The van der Waals surface area contributed by atoms with Crippen molar-refractivity contribution < 1.29 is 14.6 Å². The number of H-pyrrole nitrogens is 1. The maximum Gasteiger partial charge on any atom is 0.162 e. The standard InChI is InChI=1S/C25H32N2O3/c1-17-21(22-14-24(29-2)25(30-3)15-23(22)26-17)10-12-27-11-9-19(13-20(27)16-28)18-7-5-4-6-8-18/h4-8,14-15,19-20,26,28H,9-13,16H2,1-3H3. The first-order chi connectivity index (χ1) is 14.6. The van der Waals surface area contributed by atoms with Gasteiger partial charge in [0.1, 0.15) is 0 Å². The molecule has 1 fully saturated rings. The van der Waals surface area contributed by atoms with Crippen molar-refractivity contribution in [2.24, 2.45) is 0 Å². The van der Waals surface area contributed by atoms with Gasteiger partial charge >= 0.3 is 0 Å². The molecule has 4 rings (SSSR count). The fourth-order valence-corrected chi connectivity index (χ4v) is 4.90. The number of nitrogens with one attached hydrogen (secondary N) is 1. The molecule has 0 aliphatic carbocycles. The van der Waals surface area contributed by atoms with Gasteiger partial charge in [-0.2, -0.15) is 0 Å². The Morgan fingerprint density at radius 3 is 2.53 bits per heavy atom. The molecule has 1 aliphatic rings. The number of ether oxygens (including phenoxy) is 2. The molecule has 2 heterocycles. The van der Waals surface area contributed by atoms with Crippen molar-refractivity contribution in [2.45, 2.75) is 38.1 Å². The van der Waals surface area contributed by atoms with Crippen molar-refractivity contribution in [1.82, 2.24) is 9.88 Å². The van der Waals surface area contributed by atoms with E-state index in [4.69, 9.17) is 9.47 Å². The summed E-state index contributed by atoms with van der Waals surface area (Å²) in [5.41, 5.74) is 4.96. The molecule has 2 aromatic carbocycles. The molecular formula is C25H32N2O3. The number of nitrogens with zero attached hydrogens (tertiary/aromatic N) is 1. The molecule has 3 aromatic rings. The first-order valence-electron chi connectivity index (χ1n) is 10.8. The van der Waals surface area contributed by atoms with Gasteiger partial charge in [0.05, 0.1) is 20.8 Å². The molecule has 2 atom stereocenters. The number of aliphatic hydroxyl groups excluding tert-OH is 1. The number of piperidine rings is 1. The Labute approximate surface area is 178 Å². The van der Waals surface area contributed by atoms with Crippen LogP contribution >= 0.6 is 0 Å². The number of methoxy groups -OCH3 is 2. The van der Waals surface area contributed by atoms with Gasteiger partial charge in [0, 0.05) is 35.2 Å². The van der Waals surface area contributed by atoms with E-state index in [1.54, 1.807) is 14.2 Å². The molecule has 5 heteroatoms. The lowest BCUT2D eigenvalue weighted by Crippen LogP contribution is -2.45. The minimum Gasteiger partial charge on any atom is -0.493 e. The summed E-state index contributed by atoms with van der Waals surface area (Å²) in [5.74, 6) is 2.02. The zero-order valence-corrected chi connectivity index (χ0v) is 18.1. The van der Waals surface area contributed by atoms with Gasteiger partial charge in [-0.3, -0.25) is 4.90 Å². The van der Waals surface area contributed by atoms with E-state index in [2.05, 4.69) is 53.2 Å². The number of aromatic nitrogens is 1. The Morgan fingerprint density at radius 1 is 1.10 bits per heavy atom. The molecule has 160 valence electrons. The first kappa shape index (κ1) is 20.8. The van der Waals surface area contributed by atoms with E-state index in [1.807, 2.05) is 6.07 Å². The Morgan fingerprint density at radius 2 is 1.83 bits per heavy atom. The average molecular weight is 409 g/mol. The molecule has 0 bridgehead atoms. The van der Waals surface area contributed by atoms with Crippen LogP contribution in [0.1, 0.15) is 35.6 Å². The van der Waals surface area contributed by atoms with Crippen molar-refractivity contribution in [2.75, 3.05) is 33.9 Å². The number of benzene rings is 2. The van der Waals surface area contributed by atoms with E-state index < -0.39 is 0 Å². The predicted octanol–water partition coefficient (Wildman–Crippen LogP) is 4.28. The topological polar surface area (TPSA) is 57.7 Å². The minimum atomic E-state index is 0.210. The second-order valence-corrected chi connectivity index (χ2v) is 8.24. The Bertz CT molecular complexity index is 983. The van der Waals surface area contributed by atoms with Gasteiger partial charge in [-0.15, -0.1) is 0 Å². The summed E-state index contributed by atoms with van der Waals surface area (Å²) in [6.45, 7) is 4.29. The Kier molecular flexibility index (Phi) is 6.30. The zero-order chi connectivity index (χ0) is 21.1. The highest BCUT2D eigenvalue weighted by Gasteiger charge is 2.29. The van der Waals surface area contributed by atoms with Crippen LogP contribution in [0.2, 0.25) is 0 Å². The minimum absolute atomic E-state index is 0.210. The molecule has 1 aliphatic heterocycles. The number of aryl methyl sites for hydroxylation is 1. The van der Waals surface area contributed by atoms with Crippen LogP contribution in [0.15, 0.2) is 42.5 Å². The predicted molar refractivity (Wildman–Crippen MR) is 121 cm³/mol. The Hall–Kier alpha value is -2.50. The number of aromatic amines is 1. The van der Waals surface area contributed by atoms with E-state index in [1.165, 1.54) is 22.2 Å². The Balaban J connectivity index is 1.49. The highest BCUT2D eigenvalue weighted by Crippen LogP contribution is 2.36. The fourth-order valence-electron chi connectivity index (χ4n) is 4.90. The summed E-state index contributed by atoms with van der Waals surface area (Å²) >= 11 is 0. The van der Waals surface area contributed by atoms with Crippen molar-refractivity contribution >= 4 is 10.9 Å². The number of likely N-dealkylation sites (tertiary alicyclic amines) is 1. The van der Waals surface area contributed by atoms with E-state index in [9.17, 15) is 5.11 Å². The highest BCUT2D eigenvalue weighted by atomic mass is 16.5. The molecule has 1 aromatic heterocycles. The highest BCUT2D eigenvalue weighted by molar-refractivity contribution is 5.88. The molecule has 30 heavy (non-hydrogen) atoms. The van der Waals surface area contributed by atoms with Crippen LogP contribution in [0.3, 0.4) is 0 Å². The van der Waals surface area contributed by atoms with Crippen molar-refractivity contribution in [3.63, 3.8) is 0 Å². The molecule has 5 nitrogen and oxygen atoms in total. The van der Waals surface area contributed by atoms with Gasteiger partial charge in [0.25, 0.3) is 0 Å². The van der Waals surface area contributed by atoms with Crippen molar-refractivity contribution in [1.29, 1.82) is 0 Å². The van der Waals surface area contributed by atoms with Gasteiger partial charge in [-0.25, -0.2) is 0 Å². The molecular weight excluding hydrogens is 376 g/mol. The lowest BCUT2D eigenvalue weighted by molar-refractivity contribution is 0.0819. The third kappa shape index (κ3) is 4.05. The summed E-state index contributed by atoms with van der Waals surface area (Å²) in [6.07, 6.45) is 3.09. The molecule has 2 N–H and O–H groups in total. The number of hydrogen-bond donors (Lipinski definition) is 2. The van der Waals surface area contributed by atoms with Gasteiger partial charge in [-0.1, -0.05) is 30.3 Å². The van der Waals surface area contributed by atoms with Gasteiger partial charge in [-0.05, 0) is 55.8 Å². The molecule has 0 amide bonds. The van der Waals surface area contributed by atoms with Crippen LogP contribution in [0.25, 0.3) is 10.9 Å². The van der Waals surface area contributed by atoms with Crippen LogP contribution in [-0.4, -0.2) is 54.9 Å². The maximum atomic E-state index is 10.1. The second-order valence-electron chi connectivity index (χ2n) is 8.24. The quantitative estimate of drug-likeness (QED) is 0.613. The number of fused-ring (bicyclic) bond motifs is 1. The lowest BCUT2D eigenvalue weighted by atomic mass is 9.85. The largest absolute Gasteiger partial charge is 0.493 e. The molecule has 1 saturated heterocycles. The number of aliphatic hydroxyl groups is 1. The summed E-state index contributed by atoms with van der Waals surface area (Å²) in [7, 11) is 3.33. The van der Waals surface area contributed by atoms with Gasteiger partial charge < -0.3 is 19.6 Å². The monoisotopic (exact) mass is 408 g/mol. The summed E-state index contributed by atoms with van der Waals surface area (Å²) < 4.78 is 11.0. The molecule has 2 unspecified atom stereocenters. The number of hydrogen-bond acceptors (Lipinski definition) is 4. The number of rotatable bonds is 7. The summed E-state index contributed by atoms with van der Waals surface area (Å²) in [4.78, 5) is 5.95. The third-order valence-electron chi connectivity index (χ3n) is 6.59. The van der Waals surface area contributed by atoms with E-state index in [0.717, 1.165) is 49.4 Å². The second kappa shape index (κ2) is 9.11. The van der Waals surface area contributed by atoms with E-state index in [0.29, 0.717) is 5.92 Å². The van der Waals surface area contributed by atoms with Crippen LogP contribution in [-0.2, 0) is 6.42 Å². The van der Waals surface area contributed by atoms with E-state index in [-0.39, 0.29) is 12.6 Å². The summed E-state index contributed by atoms with van der Waals surface area (Å²) in [5, 5.41) is 11.2. The van der Waals surface area contributed by atoms with Crippen molar-refractivity contribution in [3.05, 3.63) is 59.3 Å². The third-order valence-corrected chi connectivity index (χ3v) is 6.59. The average Bonchev–Trinajstić information content (AvgIpc) is 3.10. The zero-order valence-electron chi connectivity index (χ0n) is 18.1. The van der Waals surface area contributed by atoms with Gasteiger partial charge in [0.2, 0.25) is 0 Å². The van der Waals surface area contributed by atoms with E-state index >= 15 is 0 Å². The van der Waals surface area contributed by atoms with Crippen LogP contribution in [0.4, 0.5) is 0 Å². The summed E-state index contributed by atoms with van der Waals surface area (Å²) in [6, 6.07) is 15.0. The molecule has 0 radical (unpaired) electrons. The van der Waals surface area contributed by atoms with Crippen LogP contribution < -0.4 is 9.47 Å². The van der Waals surface area contributed by atoms with Crippen LogP contribution in [0.5, 0.6) is 11.5 Å². The maximum absolute atomic E-state index is 10.1. The molecule has 0 spiro atoms. The van der Waals surface area contributed by atoms with Crippen LogP contribution in [0, 0.1) is 6.92 Å². The van der Waals surface area contributed by atoms with Crippen molar-refractivity contribution in [3.8, 4) is 11.5 Å². The first-order valence-corrected chi connectivity index (χ1v) is 10.8. The lowest BCUT2D eigenvalue weighted by Gasteiger charge is -2.39. The fraction of sp³-hybridized carbons (Fsp3) is 0.440. The normalized spacial score (nSPS) is 19.9. The van der Waals surface area contributed by atoms with Gasteiger partial charge in [0.15, 0.2) is 11.5 Å². The molecule has 0 saturated carbocycles. The smallest absolute Gasteiger partial charge is 0.162 e.